The predicted molar refractivity (Wildman–Crippen MR) is 81.1 cm³/mol. The zero-order chi connectivity index (χ0) is 14.7. The second kappa shape index (κ2) is 6.27. The summed E-state index contributed by atoms with van der Waals surface area (Å²) in [7, 11) is 2.03. The van der Waals surface area contributed by atoms with Crippen molar-refractivity contribution in [2.45, 2.75) is 26.4 Å². The van der Waals surface area contributed by atoms with Gasteiger partial charge in [-0.3, -0.25) is 4.79 Å². The van der Waals surface area contributed by atoms with Crippen LogP contribution in [0.5, 0.6) is 0 Å². The van der Waals surface area contributed by atoms with Gasteiger partial charge in [-0.25, -0.2) is 0 Å². The summed E-state index contributed by atoms with van der Waals surface area (Å²) in [5, 5.41) is 9.89. The number of carbonyl (C=O) groups excluding carboxylic acids is 1. The number of aliphatic hydroxyl groups is 1. The second-order valence-corrected chi connectivity index (χ2v) is 5.65. The van der Waals surface area contributed by atoms with Crippen LogP contribution in [0.15, 0.2) is 24.3 Å². The second-order valence-electron chi connectivity index (χ2n) is 5.65. The van der Waals surface area contributed by atoms with Gasteiger partial charge in [0.15, 0.2) is 0 Å². The summed E-state index contributed by atoms with van der Waals surface area (Å²) in [6, 6.07) is 7.68. The summed E-state index contributed by atoms with van der Waals surface area (Å²) < 4.78 is 0. The van der Waals surface area contributed by atoms with Crippen molar-refractivity contribution >= 4 is 11.6 Å². The Hall–Kier alpha value is -1.55. The van der Waals surface area contributed by atoms with Gasteiger partial charge in [0.05, 0.1) is 6.10 Å². The van der Waals surface area contributed by atoms with Crippen LogP contribution < -0.4 is 4.90 Å². The monoisotopic (exact) mass is 276 g/mol. The van der Waals surface area contributed by atoms with Crippen LogP contribution in [0.1, 0.15) is 30.6 Å². The molecule has 1 aliphatic rings. The maximum absolute atomic E-state index is 12.4. The van der Waals surface area contributed by atoms with Gasteiger partial charge in [0.1, 0.15) is 0 Å². The van der Waals surface area contributed by atoms with Crippen LogP contribution in [-0.4, -0.2) is 48.7 Å². The minimum Gasteiger partial charge on any atom is -0.391 e. The molecule has 4 nitrogen and oxygen atoms in total. The number of likely N-dealkylation sites (tertiary alicyclic amines) is 1. The van der Waals surface area contributed by atoms with E-state index >= 15 is 0 Å². The highest BCUT2D eigenvalue weighted by atomic mass is 16.3. The number of β-amino-alcohol motifs (C(OH)–C–C–N with tert-alkyl or cyclic N) is 1. The smallest absolute Gasteiger partial charge is 0.253 e. The molecule has 0 spiro atoms. The Balaban J connectivity index is 2.06. The summed E-state index contributed by atoms with van der Waals surface area (Å²) in [5.41, 5.74) is 1.80. The van der Waals surface area contributed by atoms with E-state index < -0.39 is 6.10 Å². The molecule has 1 heterocycles. The lowest BCUT2D eigenvalue weighted by Crippen LogP contribution is -2.45. The first-order valence-corrected chi connectivity index (χ1v) is 7.31. The first kappa shape index (κ1) is 14.9. The van der Waals surface area contributed by atoms with Gasteiger partial charge >= 0.3 is 0 Å². The van der Waals surface area contributed by atoms with Crippen molar-refractivity contribution < 1.29 is 9.90 Å². The third-order valence-corrected chi connectivity index (χ3v) is 4.24. The fourth-order valence-electron chi connectivity index (χ4n) is 2.46. The summed E-state index contributed by atoms with van der Waals surface area (Å²) in [6.07, 6.45) is 0.460. The fraction of sp³-hybridized carbons (Fsp3) is 0.562. The zero-order valence-electron chi connectivity index (χ0n) is 12.5. The number of nitrogens with zero attached hydrogens (tertiary/aromatic N) is 2. The molecule has 1 aromatic carbocycles. The van der Waals surface area contributed by atoms with Crippen LogP contribution in [0.2, 0.25) is 0 Å². The minimum atomic E-state index is -0.404. The van der Waals surface area contributed by atoms with E-state index in [9.17, 15) is 9.90 Å². The first-order chi connectivity index (χ1) is 9.52. The number of aliphatic hydroxyl groups excluding tert-OH is 1. The van der Waals surface area contributed by atoms with Crippen molar-refractivity contribution in [1.29, 1.82) is 0 Å². The first-order valence-electron chi connectivity index (χ1n) is 7.31. The quantitative estimate of drug-likeness (QED) is 0.918. The fourth-order valence-corrected chi connectivity index (χ4v) is 2.46. The highest BCUT2D eigenvalue weighted by molar-refractivity contribution is 5.94. The van der Waals surface area contributed by atoms with Crippen LogP contribution >= 0.6 is 0 Å². The molecule has 0 aliphatic carbocycles. The average molecular weight is 276 g/mol. The third kappa shape index (κ3) is 3.12. The Bertz CT molecular complexity index is 458. The normalized spacial score (nSPS) is 22.7. The van der Waals surface area contributed by atoms with Crippen molar-refractivity contribution in [3.63, 3.8) is 0 Å². The van der Waals surface area contributed by atoms with E-state index in [0.717, 1.165) is 25.2 Å². The molecule has 2 rings (SSSR count). The molecular formula is C16H24N2O2. The Morgan fingerprint density at radius 3 is 2.60 bits per heavy atom. The zero-order valence-corrected chi connectivity index (χ0v) is 12.5. The maximum Gasteiger partial charge on any atom is 0.253 e. The molecule has 4 heteroatoms. The van der Waals surface area contributed by atoms with E-state index in [4.69, 9.17) is 0 Å². The van der Waals surface area contributed by atoms with E-state index in [2.05, 4.69) is 11.8 Å². The molecule has 1 fully saturated rings. The SMILES string of the molecule is CCN(C)c1ccc(C(=O)N2CCC(C)C(O)C2)cc1. The molecule has 1 amide bonds. The van der Waals surface area contributed by atoms with Gasteiger partial charge in [0, 0.05) is 37.9 Å². The maximum atomic E-state index is 12.4. The van der Waals surface area contributed by atoms with Crippen molar-refractivity contribution in [2.75, 3.05) is 31.6 Å². The molecule has 110 valence electrons. The van der Waals surface area contributed by atoms with E-state index in [1.54, 1.807) is 4.90 Å². The number of anilines is 1. The van der Waals surface area contributed by atoms with Crippen LogP contribution in [0, 0.1) is 5.92 Å². The van der Waals surface area contributed by atoms with Gasteiger partial charge < -0.3 is 14.9 Å². The molecule has 1 aliphatic heterocycles. The van der Waals surface area contributed by atoms with E-state index in [-0.39, 0.29) is 11.8 Å². The molecule has 0 saturated carbocycles. The summed E-state index contributed by atoms with van der Waals surface area (Å²) in [6.45, 7) is 6.23. The Labute approximate surface area is 121 Å². The van der Waals surface area contributed by atoms with Crippen LogP contribution in [-0.2, 0) is 0 Å². The van der Waals surface area contributed by atoms with Gasteiger partial charge in [0.25, 0.3) is 5.91 Å². The molecule has 0 bridgehead atoms. The third-order valence-electron chi connectivity index (χ3n) is 4.24. The molecular weight excluding hydrogens is 252 g/mol. The molecule has 1 aromatic rings. The largest absolute Gasteiger partial charge is 0.391 e. The number of rotatable bonds is 3. The number of carbonyl (C=O) groups is 1. The molecule has 2 unspecified atom stereocenters. The minimum absolute atomic E-state index is 0.0154. The van der Waals surface area contributed by atoms with Crippen molar-refractivity contribution in [2.24, 2.45) is 5.92 Å². The summed E-state index contributed by atoms with van der Waals surface area (Å²) in [5.74, 6) is 0.293. The molecule has 2 atom stereocenters. The van der Waals surface area contributed by atoms with E-state index in [1.807, 2.05) is 38.2 Å². The van der Waals surface area contributed by atoms with Crippen LogP contribution in [0.3, 0.4) is 0 Å². The number of hydrogen-bond donors (Lipinski definition) is 1. The number of piperidine rings is 1. The van der Waals surface area contributed by atoms with Crippen molar-refractivity contribution in [3.05, 3.63) is 29.8 Å². The topological polar surface area (TPSA) is 43.8 Å². The Morgan fingerprint density at radius 2 is 2.05 bits per heavy atom. The highest BCUT2D eigenvalue weighted by Crippen LogP contribution is 2.20. The number of hydrogen-bond acceptors (Lipinski definition) is 3. The Morgan fingerprint density at radius 1 is 1.40 bits per heavy atom. The van der Waals surface area contributed by atoms with E-state index in [1.165, 1.54) is 0 Å². The lowest BCUT2D eigenvalue weighted by atomic mass is 9.95. The molecule has 1 saturated heterocycles. The van der Waals surface area contributed by atoms with Crippen molar-refractivity contribution in [3.8, 4) is 0 Å². The van der Waals surface area contributed by atoms with Gasteiger partial charge in [-0.2, -0.15) is 0 Å². The van der Waals surface area contributed by atoms with E-state index in [0.29, 0.717) is 12.1 Å². The standard InChI is InChI=1S/C16H24N2O2/c1-4-17(3)14-7-5-13(6-8-14)16(20)18-10-9-12(2)15(19)11-18/h5-8,12,15,19H,4,9-11H2,1-3H3. The molecule has 1 N–H and O–H groups in total. The number of amides is 1. The van der Waals surface area contributed by atoms with Gasteiger partial charge in [-0.15, -0.1) is 0 Å². The molecule has 0 aromatic heterocycles. The molecule has 0 radical (unpaired) electrons. The summed E-state index contributed by atoms with van der Waals surface area (Å²) >= 11 is 0. The van der Waals surface area contributed by atoms with Crippen molar-refractivity contribution in [1.82, 2.24) is 4.90 Å². The lowest BCUT2D eigenvalue weighted by Gasteiger charge is -2.34. The van der Waals surface area contributed by atoms with Gasteiger partial charge in [-0.1, -0.05) is 6.92 Å². The average Bonchev–Trinajstić information content (AvgIpc) is 2.48. The Kier molecular flexibility index (Phi) is 4.65. The highest BCUT2D eigenvalue weighted by Gasteiger charge is 2.27. The summed E-state index contributed by atoms with van der Waals surface area (Å²) in [4.78, 5) is 16.3. The van der Waals surface area contributed by atoms with Gasteiger partial charge in [-0.05, 0) is 43.5 Å². The lowest BCUT2D eigenvalue weighted by molar-refractivity contribution is 0.0248. The van der Waals surface area contributed by atoms with Gasteiger partial charge in [0.2, 0.25) is 0 Å². The van der Waals surface area contributed by atoms with Crippen LogP contribution in [0.4, 0.5) is 5.69 Å². The molecule has 20 heavy (non-hydrogen) atoms. The predicted octanol–water partition coefficient (Wildman–Crippen LogP) is 1.99. The number of benzene rings is 1. The van der Waals surface area contributed by atoms with Crippen LogP contribution in [0.25, 0.3) is 0 Å².